The number of anilines is 1. The van der Waals surface area contributed by atoms with E-state index >= 15 is 0 Å². The van der Waals surface area contributed by atoms with Gasteiger partial charge < -0.3 is 20.3 Å². The van der Waals surface area contributed by atoms with Crippen LogP contribution in [0.2, 0.25) is 0 Å². The molecular formula is C18H27F2IN4O2. The molecule has 0 aliphatic carbocycles. The fraction of sp³-hybridized carbons (Fsp3) is 0.556. The molecule has 0 amide bonds. The Labute approximate surface area is 175 Å². The Balaban J connectivity index is 0.00000364. The molecule has 1 saturated heterocycles. The van der Waals surface area contributed by atoms with Gasteiger partial charge in [0.25, 0.3) is 0 Å². The Kier molecular flexibility index (Phi) is 9.75. The normalized spacial score (nSPS) is 17.9. The fourth-order valence-electron chi connectivity index (χ4n) is 2.85. The monoisotopic (exact) mass is 496 g/mol. The van der Waals surface area contributed by atoms with Crippen molar-refractivity contribution in [3.05, 3.63) is 29.8 Å². The summed E-state index contributed by atoms with van der Waals surface area (Å²) in [6, 6.07) is 3.70. The van der Waals surface area contributed by atoms with Gasteiger partial charge in [-0.2, -0.15) is 0 Å². The van der Waals surface area contributed by atoms with Gasteiger partial charge in [-0.3, -0.25) is 9.79 Å². The number of esters is 1. The average molecular weight is 496 g/mol. The van der Waals surface area contributed by atoms with Gasteiger partial charge >= 0.3 is 5.97 Å². The predicted octanol–water partition coefficient (Wildman–Crippen LogP) is 2.53. The van der Waals surface area contributed by atoms with Crippen molar-refractivity contribution in [1.82, 2.24) is 10.6 Å². The number of nitrogens with one attached hydrogen (secondary N) is 2. The Hall–Kier alpha value is -1.65. The van der Waals surface area contributed by atoms with Gasteiger partial charge in [0.1, 0.15) is 11.6 Å². The van der Waals surface area contributed by atoms with Crippen LogP contribution >= 0.6 is 24.0 Å². The van der Waals surface area contributed by atoms with Gasteiger partial charge in [0.05, 0.1) is 25.3 Å². The number of ether oxygens (including phenoxy) is 1. The van der Waals surface area contributed by atoms with Crippen LogP contribution in [0.1, 0.15) is 20.3 Å². The van der Waals surface area contributed by atoms with Crippen molar-refractivity contribution in [3.63, 3.8) is 0 Å². The molecule has 0 spiro atoms. The van der Waals surface area contributed by atoms with Crippen LogP contribution in [0.15, 0.2) is 23.2 Å². The molecule has 152 valence electrons. The fourth-order valence-corrected chi connectivity index (χ4v) is 2.85. The lowest BCUT2D eigenvalue weighted by Gasteiger charge is -2.21. The number of carbonyl (C=O) groups excluding carboxylic acids is 1. The molecule has 1 aromatic rings. The zero-order chi connectivity index (χ0) is 19.1. The number of hydrogen-bond donors (Lipinski definition) is 2. The molecule has 1 aliphatic heterocycles. The van der Waals surface area contributed by atoms with Crippen molar-refractivity contribution in [2.75, 3.05) is 38.2 Å². The number of halogens is 3. The molecule has 1 aliphatic rings. The highest BCUT2D eigenvalue weighted by Gasteiger charge is 2.25. The summed E-state index contributed by atoms with van der Waals surface area (Å²) in [6.07, 6.45) is 0.799. The summed E-state index contributed by atoms with van der Waals surface area (Å²) in [5.41, 5.74) is 0.400. The van der Waals surface area contributed by atoms with Crippen LogP contribution in [-0.2, 0) is 9.53 Å². The lowest BCUT2D eigenvalue weighted by Crippen LogP contribution is -2.45. The van der Waals surface area contributed by atoms with Crippen molar-refractivity contribution >= 4 is 41.6 Å². The van der Waals surface area contributed by atoms with E-state index in [1.165, 1.54) is 19.2 Å². The smallest absolute Gasteiger partial charge is 0.310 e. The summed E-state index contributed by atoms with van der Waals surface area (Å²) in [4.78, 5) is 17.8. The largest absolute Gasteiger partial charge is 0.469 e. The molecule has 9 heteroatoms. The van der Waals surface area contributed by atoms with E-state index in [1.54, 1.807) is 6.92 Å². The maximum atomic E-state index is 13.9. The molecular weight excluding hydrogens is 469 g/mol. The number of methoxy groups -OCH3 is 1. The Bertz CT molecular complexity index is 660. The molecule has 2 atom stereocenters. The first-order valence-electron chi connectivity index (χ1n) is 8.77. The maximum Gasteiger partial charge on any atom is 0.310 e. The number of rotatable bonds is 6. The van der Waals surface area contributed by atoms with Crippen molar-refractivity contribution < 1.29 is 18.3 Å². The summed E-state index contributed by atoms with van der Waals surface area (Å²) >= 11 is 0. The highest BCUT2D eigenvalue weighted by atomic mass is 127. The van der Waals surface area contributed by atoms with E-state index in [1.807, 2.05) is 11.8 Å². The first-order valence-corrected chi connectivity index (χ1v) is 8.77. The molecule has 2 rings (SSSR count). The van der Waals surface area contributed by atoms with Gasteiger partial charge in [0, 0.05) is 31.7 Å². The van der Waals surface area contributed by atoms with Crippen LogP contribution in [0.5, 0.6) is 0 Å². The zero-order valence-corrected chi connectivity index (χ0v) is 18.1. The van der Waals surface area contributed by atoms with Gasteiger partial charge in [-0.05, 0) is 25.5 Å². The average Bonchev–Trinajstić information content (AvgIpc) is 3.07. The SMILES string of the molecule is CCNC(=NCC(C)C(=O)OC)NC1CCN(c2ccc(F)cc2F)C1.I. The minimum atomic E-state index is -0.582. The van der Waals surface area contributed by atoms with E-state index in [-0.39, 0.29) is 41.9 Å². The first-order chi connectivity index (χ1) is 12.4. The lowest BCUT2D eigenvalue weighted by atomic mass is 10.2. The molecule has 1 heterocycles. The van der Waals surface area contributed by atoms with Crippen LogP contribution in [0.3, 0.4) is 0 Å². The third-order valence-corrected chi connectivity index (χ3v) is 4.25. The summed E-state index contributed by atoms with van der Waals surface area (Å²) in [6.45, 7) is 5.95. The number of hydrogen-bond acceptors (Lipinski definition) is 4. The highest BCUT2D eigenvalue weighted by Crippen LogP contribution is 2.24. The molecule has 0 radical (unpaired) electrons. The van der Waals surface area contributed by atoms with Gasteiger partial charge in [0.15, 0.2) is 5.96 Å². The minimum Gasteiger partial charge on any atom is -0.469 e. The molecule has 0 aromatic heterocycles. The third kappa shape index (κ3) is 6.78. The zero-order valence-electron chi connectivity index (χ0n) is 15.8. The second kappa shape index (κ2) is 11.3. The molecule has 1 aromatic carbocycles. The van der Waals surface area contributed by atoms with Crippen LogP contribution in [0.4, 0.5) is 14.5 Å². The molecule has 6 nitrogen and oxygen atoms in total. The van der Waals surface area contributed by atoms with Crippen LogP contribution in [-0.4, -0.2) is 51.3 Å². The first kappa shape index (κ1) is 23.4. The van der Waals surface area contributed by atoms with Crippen molar-refractivity contribution in [1.29, 1.82) is 0 Å². The van der Waals surface area contributed by atoms with E-state index in [4.69, 9.17) is 4.74 Å². The van der Waals surface area contributed by atoms with Gasteiger partial charge in [-0.1, -0.05) is 6.92 Å². The Morgan fingerprint density at radius 3 is 2.81 bits per heavy atom. The molecule has 0 saturated carbocycles. The summed E-state index contributed by atoms with van der Waals surface area (Å²) in [7, 11) is 1.35. The van der Waals surface area contributed by atoms with Crippen LogP contribution in [0.25, 0.3) is 0 Å². The molecule has 2 unspecified atom stereocenters. The Morgan fingerprint density at radius 2 is 2.19 bits per heavy atom. The van der Waals surface area contributed by atoms with Crippen LogP contribution < -0.4 is 15.5 Å². The summed E-state index contributed by atoms with van der Waals surface area (Å²) in [5.74, 6) is -1.17. The highest BCUT2D eigenvalue weighted by molar-refractivity contribution is 14.0. The van der Waals surface area contributed by atoms with Crippen molar-refractivity contribution in [2.24, 2.45) is 10.9 Å². The number of benzene rings is 1. The van der Waals surface area contributed by atoms with Gasteiger partial charge in [-0.15, -0.1) is 24.0 Å². The van der Waals surface area contributed by atoms with Crippen molar-refractivity contribution in [3.8, 4) is 0 Å². The maximum absolute atomic E-state index is 13.9. The third-order valence-electron chi connectivity index (χ3n) is 4.25. The lowest BCUT2D eigenvalue weighted by molar-refractivity contribution is -0.144. The summed E-state index contributed by atoms with van der Waals surface area (Å²) < 4.78 is 31.7. The standard InChI is InChI=1S/C18H26F2N4O2.HI/c1-4-21-18(22-10-12(2)17(25)26-3)23-14-7-8-24(11-14)16-6-5-13(19)9-15(16)20;/h5-6,9,12,14H,4,7-8,10-11H2,1-3H3,(H2,21,22,23);1H. The molecule has 1 fully saturated rings. The number of guanidine groups is 1. The van der Waals surface area contributed by atoms with E-state index in [2.05, 4.69) is 15.6 Å². The number of aliphatic imine (C=N–C) groups is 1. The molecule has 27 heavy (non-hydrogen) atoms. The van der Waals surface area contributed by atoms with Crippen molar-refractivity contribution in [2.45, 2.75) is 26.3 Å². The van der Waals surface area contributed by atoms with E-state index in [0.29, 0.717) is 37.8 Å². The predicted molar refractivity (Wildman–Crippen MR) is 113 cm³/mol. The van der Waals surface area contributed by atoms with E-state index in [9.17, 15) is 13.6 Å². The Morgan fingerprint density at radius 1 is 1.44 bits per heavy atom. The quantitative estimate of drug-likeness (QED) is 0.274. The van der Waals surface area contributed by atoms with E-state index in [0.717, 1.165) is 12.5 Å². The molecule has 2 N–H and O–H groups in total. The van der Waals surface area contributed by atoms with Crippen LogP contribution in [0, 0.1) is 17.6 Å². The van der Waals surface area contributed by atoms with Gasteiger partial charge in [-0.25, -0.2) is 8.78 Å². The second-order valence-corrected chi connectivity index (χ2v) is 6.32. The summed E-state index contributed by atoms with van der Waals surface area (Å²) in [5, 5.41) is 6.45. The number of nitrogens with zero attached hydrogens (tertiary/aromatic N) is 2. The minimum absolute atomic E-state index is 0. The van der Waals surface area contributed by atoms with Gasteiger partial charge in [0.2, 0.25) is 0 Å². The van der Waals surface area contributed by atoms with E-state index < -0.39 is 11.6 Å². The second-order valence-electron chi connectivity index (χ2n) is 6.32. The molecule has 0 bridgehead atoms. The topological polar surface area (TPSA) is 66.0 Å². The number of carbonyl (C=O) groups is 1.